The summed E-state index contributed by atoms with van der Waals surface area (Å²) in [7, 11) is 0. The largest absolute Gasteiger partial charge is 0.335 e. The maximum atomic E-state index is 12.1. The number of aromatic nitrogens is 1. The van der Waals surface area contributed by atoms with Gasteiger partial charge in [-0.15, -0.1) is 12.4 Å². The fourth-order valence-electron chi connectivity index (χ4n) is 1.99. The summed E-state index contributed by atoms with van der Waals surface area (Å²) >= 11 is 0. The van der Waals surface area contributed by atoms with E-state index in [-0.39, 0.29) is 23.9 Å². The van der Waals surface area contributed by atoms with Crippen LogP contribution in [-0.4, -0.2) is 41.0 Å². The Morgan fingerprint density at radius 3 is 2.88 bits per heavy atom. The van der Waals surface area contributed by atoms with Crippen molar-refractivity contribution in [1.29, 1.82) is 0 Å². The number of hydrogen-bond donors (Lipinski definition) is 1. The van der Waals surface area contributed by atoms with Crippen molar-refractivity contribution >= 4 is 18.3 Å². The summed E-state index contributed by atoms with van der Waals surface area (Å²) in [4.78, 5) is 18.0. The van der Waals surface area contributed by atoms with Gasteiger partial charge in [0.1, 0.15) is 0 Å². The summed E-state index contributed by atoms with van der Waals surface area (Å²) in [6.45, 7) is 6.56. The topological polar surface area (TPSA) is 45.2 Å². The number of carbonyl (C=O) groups is 1. The minimum Gasteiger partial charge on any atom is -0.335 e. The van der Waals surface area contributed by atoms with Crippen LogP contribution in [0.5, 0.6) is 0 Å². The van der Waals surface area contributed by atoms with Crippen molar-refractivity contribution in [3.05, 3.63) is 30.1 Å². The van der Waals surface area contributed by atoms with Gasteiger partial charge in [0.05, 0.1) is 5.56 Å². The second-order valence-corrected chi connectivity index (χ2v) is 4.78. The van der Waals surface area contributed by atoms with Crippen molar-refractivity contribution in [3.8, 4) is 0 Å². The average Bonchev–Trinajstić information content (AvgIpc) is 2.28. The predicted molar refractivity (Wildman–Crippen MR) is 69.5 cm³/mol. The van der Waals surface area contributed by atoms with Crippen LogP contribution in [-0.2, 0) is 0 Å². The molecule has 0 aromatic carbocycles. The van der Waals surface area contributed by atoms with Gasteiger partial charge in [-0.2, -0.15) is 0 Å². The van der Waals surface area contributed by atoms with Crippen LogP contribution in [0.25, 0.3) is 0 Å². The number of nitrogens with one attached hydrogen (secondary N) is 1. The first-order valence-corrected chi connectivity index (χ1v) is 5.53. The van der Waals surface area contributed by atoms with Crippen molar-refractivity contribution in [3.63, 3.8) is 0 Å². The molecule has 1 fully saturated rings. The summed E-state index contributed by atoms with van der Waals surface area (Å²) in [5.41, 5.74) is 0.663. The van der Waals surface area contributed by atoms with Crippen LogP contribution < -0.4 is 5.32 Å². The van der Waals surface area contributed by atoms with E-state index < -0.39 is 0 Å². The van der Waals surface area contributed by atoms with Crippen molar-refractivity contribution in [1.82, 2.24) is 15.2 Å². The van der Waals surface area contributed by atoms with E-state index in [4.69, 9.17) is 0 Å². The Balaban J connectivity index is 0.00000144. The van der Waals surface area contributed by atoms with E-state index in [1.807, 2.05) is 11.0 Å². The summed E-state index contributed by atoms with van der Waals surface area (Å²) in [5.74, 6) is 0.0719. The zero-order chi connectivity index (χ0) is 11.6. The van der Waals surface area contributed by atoms with Crippen molar-refractivity contribution in [2.45, 2.75) is 19.4 Å². The minimum atomic E-state index is -0.00385. The number of carbonyl (C=O) groups excluding carboxylic acids is 1. The first-order chi connectivity index (χ1) is 7.58. The van der Waals surface area contributed by atoms with Gasteiger partial charge in [-0.25, -0.2) is 0 Å². The summed E-state index contributed by atoms with van der Waals surface area (Å²) < 4.78 is 0. The average molecular weight is 256 g/mol. The Kier molecular flexibility index (Phi) is 4.48. The summed E-state index contributed by atoms with van der Waals surface area (Å²) in [6, 6.07) is 3.60. The standard InChI is InChI=1S/C12H17N3O.ClH/c1-12(2)9-15(7-6-14-12)11(16)10-4-3-5-13-8-10;/h3-5,8,14H,6-7,9H2,1-2H3;1H. The lowest BCUT2D eigenvalue weighted by atomic mass is 10.0. The molecule has 0 radical (unpaired) electrons. The van der Waals surface area contributed by atoms with E-state index in [0.29, 0.717) is 5.56 Å². The van der Waals surface area contributed by atoms with Gasteiger partial charge in [0, 0.05) is 37.6 Å². The molecule has 1 aromatic rings. The lowest BCUT2D eigenvalue weighted by Gasteiger charge is -2.39. The molecule has 1 amide bonds. The van der Waals surface area contributed by atoms with E-state index >= 15 is 0 Å². The van der Waals surface area contributed by atoms with Crippen molar-refractivity contribution in [2.24, 2.45) is 0 Å². The Hall–Kier alpha value is -1.13. The maximum absolute atomic E-state index is 12.1. The van der Waals surface area contributed by atoms with Gasteiger partial charge < -0.3 is 10.2 Å². The van der Waals surface area contributed by atoms with Crippen LogP contribution in [0, 0.1) is 0 Å². The lowest BCUT2D eigenvalue weighted by molar-refractivity contribution is 0.0651. The van der Waals surface area contributed by atoms with Crippen LogP contribution in [0.4, 0.5) is 0 Å². The van der Waals surface area contributed by atoms with Gasteiger partial charge in [-0.05, 0) is 26.0 Å². The molecule has 0 aliphatic carbocycles. The number of amides is 1. The Bertz CT molecular complexity index is 381. The van der Waals surface area contributed by atoms with E-state index in [9.17, 15) is 4.79 Å². The fraction of sp³-hybridized carbons (Fsp3) is 0.500. The molecule has 0 unspecified atom stereocenters. The highest BCUT2D eigenvalue weighted by Gasteiger charge is 2.28. The molecule has 1 aromatic heterocycles. The van der Waals surface area contributed by atoms with Crippen molar-refractivity contribution < 1.29 is 4.79 Å². The molecule has 1 saturated heterocycles. The number of nitrogens with zero attached hydrogens (tertiary/aromatic N) is 2. The second-order valence-electron chi connectivity index (χ2n) is 4.78. The highest BCUT2D eigenvalue weighted by Crippen LogP contribution is 2.13. The van der Waals surface area contributed by atoms with E-state index in [1.165, 1.54) is 0 Å². The highest BCUT2D eigenvalue weighted by molar-refractivity contribution is 5.94. The molecule has 2 heterocycles. The monoisotopic (exact) mass is 255 g/mol. The SMILES string of the molecule is CC1(C)CN(C(=O)c2cccnc2)CCN1.Cl. The van der Waals surface area contributed by atoms with Crippen LogP contribution in [0.15, 0.2) is 24.5 Å². The van der Waals surface area contributed by atoms with Gasteiger partial charge >= 0.3 is 0 Å². The summed E-state index contributed by atoms with van der Waals surface area (Å²) in [6.07, 6.45) is 3.30. The molecule has 94 valence electrons. The quantitative estimate of drug-likeness (QED) is 0.824. The third-order valence-corrected chi connectivity index (χ3v) is 2.77. The molecule has 1 aliphatic rings. The van der Waals surface area contributed by atoms with E-state index in [1.54, 1.807) is 18.5 Å². The van der Waals surface area contributed by atoms with Gasteiger partial charge in [0.2, 0.25) is 0 Å². The highest BCUT2D eigenvalue weighted by atomic mass is 35.5. The minimum absolute atomic E-state index is 0. The number of piperazine rings is 1. The second kappa shape index (κ2) is 5.47. The van der Waals surface area contributed by atoms with E-state index in [0.717, 1.165) is 19.6 Å². The Labute approximate surface area is 108 Å². The normalized spacial score (nSPS) is 18.4. The number of rotatable bonds is 1. The van der Waals surface area contributed by atoms with Crippen LogP contribution in [0.3, 0.4) is 0 Å². The molecular formula is C12H18ClN3O. The molecular weight excluding hydrogens is 238 g/mol. The zero-order valence-corrected chi connectivity index (χ0v) is 11.0. The lowest BCUT2D eigenvalue weighted by Crippen LogP contribution is -2.58. The van der Waals surface area contributed by atoms with Crippen molar-refractivity contribution in [2.75, 3.05) is 19.6 Å². The third-order valence-electron chi connectivity index (χ3n) is 2.77. The Morgan fingerprint density at radius 2 is 2.29 bits per heavy atom. The maximum Gasteiger partial charge on any atom is 0.255 e. The predicted octanol–water partition coefficient (Wildman–Crippen LogP) is 1.33. The molecule has 5 heteroatoms. The molecule has 17 heavy (non-hydrogen) atoms. The van der Waals surface area contributed by atoms with Gasteiger partial charge in [0.15, 0.2) is 0 Å². The first-order valence-electron chi connectivity index (χ1n) is 5.53. The zero-order valence-electron chi connectivity index (χ0n) is 10.1. The fourth-order valence-corrected chi connectivity index (χ4v) is 1.99. The smallest absolute Gasteiger partial charge is 0.255 e. The molecule has 1 aliphatic heterocycles. The molecule has 0 saturated carbocycles. The van der Waals surface area contributed by atoms with Gasteiger partial charge in [-0.1, -0.05) is 0 Å². The van der Waals surface area contributed by atoms with Gasteiger partial charge in [0.25, 0.3) is 5.91 Å². The Morgan fingerprint density at radius 1 is 1.53 bits per heavy atom. The molecule has 4 nitrogen and oxygen atoms in total. The molecule has 0 atom stereocenters. The molecule has 2 rings (SSSR count). The molecule has 1 N–H and O–H groups in total. The van der Waals surface area contributed by atoms with Crippen LogP contribution >= 0.6 is 12.4 Å². The number of hydrogen-bond acceptors (Lipinski definition) is 3. The van der Waals surface area contributed by atoms with E-state index in [2.05, 4.69) is 24.1 Å². The van der Waals surface area contributed by atoms with Crippen LogP contribution in [0.2, 0.25) is 0 Å². The molecule has 0 spiro atoms. The number of halogens is 1. The number of pyridine rings is 1. The van der Waals surface area contributed by atoms with Crippen LogP contribution in [0.1, 0.15) is 24.2 Å². The summed E-state index contributed by atoms with van der Waals surface area (Å²) in [5, 5.41) is 3.39. The first kappa shape index (κ1) is 13.9. The molecule has 0 bridgehead atoms. The third kappa shape index (κ3) is 3.41. The van der Waals surface area contributed by atoms with Gasteiger partial charge in [-0.3, -0.25) is 9.78 Å².